The molecule has 0 spiro atoms. The summed E-state index contributed by atoms with van der Waals surface area (Å²) in [6, 6.07) is 0. The molecule has 0 saturated heterocycles. The molecular formula is C7H11FO2. The Kier molecular flexibility index (Phi) is 3.69. The summed E-state index contributed by atoms with van der Waals surface area (Å²) in [5.41, 5.74) is -0.131. The molecule has 0 aromatic heterocycles. The van der Waals surface area contributed by atoms with Crippen molar-refractivity contribution in [3.8, 4) is 0 Å². The summed E-state index contributed by atoms with van der Waals surface area (Å²) in [5, 5.41) is 0. The van der Waals surface area contributed by atoms with Crippen LogP contribution in [0.15, 0.2) is 12.2 Å². The minimum atomic E-state index is -0.842. The van der Waals surface area contributed by atoms with Crippen LogP contribution in [0.5, 0.6) is 0 Å². The first-order valence-corrected chi connectivity index (χ1v) is 3.02. The Bertz CT molecular complexity index is 141. The van der Waals surface area contributed by atoms with Crippen molar-refractivity contribution in [2.24, 2.45) is 0 Å². The van der Waals surface area contributed by atoms with Crippen molar-refractivity contribution in [2.45, 2.75) is 20.0 Å². The monoisotopic (exact) mass is 146 g/mol. The number of rotatable bonds is 3. The lowest BCUT2D eigenvalue weighted by atomic mass is 10.3. The quantitative estimate of drug-likeness (QED) is 0.445. The molecule has 0 amide bonds. The SMILES string of the molecule is C=C(CF)C(=O)OC(C)C. The number of esters is 1. The van der Waals surface area contributed by atoms with Crippen molar-refractivity contribution in [3.05, 3.63) is 12.2 Å². The number of hydrogen-bond acceptors (Lipinski definition) is 2. The van der Waals surface area contributed by atoms with Crippen LogP contribution >= 0.6 is 0 Å². The van der Waals surface area contributed by atoms with E-state index in [4.69, 9.17) is 0 Å². The molecule has 0 atom stereocenters. The minimum Gasteiger partial charge on any atom is -0.460 e. The third-order valence-electron chi connectivity index (χ3n) is 0.793. The van der Waals surface area contributed by atoms with Crippen molar-refractivity contribution < 1.29 is 13.9 Å². The largest absolute Gasteiger partial charge is 0.460 e. The second-order valence-electron chi connectivity index (χ2n) is 2.19. The maximum Gasteiger partial charge on any atom is 0.336 e. The molecule has 0 aliphatic carbocycles. The van der Waals surface area contributed by atoms with Gasteiger partial charge in [-0.25, -0.2) is 9.18 Å². The summed E-state index contributed by atoms with van der Waals surface area (Å²) in [6.45, 7) is 5.73. The zero-order valence-electron chi connectivity index (χ0n) is 6.19. The van der Waals surface area contributed by atoms with Gasteiger partial charge in [0.1, 0.15) is 6.67 Å². The van der Waals surface area contributed by atoms with Crippen molar-refractivity contribution in [2.75, 3.05) is 6.67 Å². The zero-order chi connectivity index (χ0) is 8.15. The highest BCUT2D eigenvalue weighted by Gasteiger charge is 2.08. The van der Waals surface area contributed by atoms with Crippen molar-refractivity contribution in [1.29, 1.82) is 0 Å². The van der Waals surface area contributed by atoms with Gasteiger partial charge in [0.05, 0.1) is 11.7 Å². The summed E-state index contributed by atoms with van der Waals surface area (Å²) >= 11 is 0. The number of carbonyl (C=O) groups is 1. The Hall–Kier alpha value is -0.860. The molecule has 0 saturated carbocycles. The van der Waals surface area contributed by atoms with E-state index in [1.165, 1.54) is 0 Å². The Labute approximate surface area is 59.7 Å². The van der Waals surface area contributed by atoms with Crippen LogP contribution in [0, 0.1) is 0 Å². The number of alkyl halides is 1. The van der Waals surface area contributed by atoms with E-state index >= 15 is 0 Å². The Morgan fingerprint density at radius 1 is 1.70 bits per heavy atom. The van der Waals surface area contributed by atoms with E-state index in [9.17, 15) is 9.18 Å². The molecule has 3 heteroatoms. The van der Waals surface area contributed by atoms with Crippen molar-refractivity contribution in [1.82, 2.24) is 0 Å². The van der Waals surface area contributed by atoms with E-state index in [0.717, 1.165) is 0 Å². The molecule has 0 fully saturated rings. The maximum atomic E-state index is 11.7. The Morgan fingerprint density at radius 3 is 2.50 bits per heavy atom. The fourth-order valence-corrected chi connectivity index (χ4v) is 0.352. The summed E-state index contributed by atoms with van der Waals surface area (Å²) in [6.07, 6.45) is -0.212. The van der Waals surface area contributed by atoms with Crippen LogP contribution in [0.25, 0.3) is 0 Å². The molecule has 2 nitrogen and oxygen atoms in total. The molecule has 0 heterocycles. The van der Waals surface area contributed by atoms with Crippen LogP contribution in [0.3, 0.4) is 0 Å². The molecule has 0 N–H and O–H groups in total. The average molecular weight is 146 g/mol. The summed E-state index contributed by atoms with van der Waals surface area (Å²) < 4.78 is 16.3. The summed E-state index contributed by atoms with van der Waals surface area (Å²) in [7, 11) is 0. The van der Waals surface area contributed by atoms with E-state index in [1.54, 1.807) is 13.8 Å². The van der Waals surface area contributed by atoms with E-state index in [0.29, 0.717) is 0 Å². The number of ether oxygens (including phenoxy) is 1. The van der Waals surface area contributed by atoms with Gasteiger partial charge in [-0.3, -0.25) is 0 Å². The first-order chi connectivity index (χ1) is 4.57. The molecule has 10 heavy (non-hydrogen) atoms. The first kappa shape index (κ1) is 9.14. The normalized spacial score (nSPS) is 9.60. The molecule has 0 aliphatic rings. The average Bonchev–Trinajstić information content (AvgIpc) is 1.85. The lowest BCUT2D eigenvalue weighted by Crippen LogP contribution is -2.13. The molecule has 0 aliphatic heterocycles. The van der Waals surface area contributed by atoms with Crippen LogP contribution in [0.1, 0.15) is 13.8 Å². The molecular weight excluding hydrogens is 135 g/mol. The van der Waals surface area contributed by atoms with E-state index < -0.39 is 12.6 Å². The Balaban J connectivity index is 3.74. The maximum absolute atomic E-state index is 11.7. The van der Waals surface area contributed by atoms with Crippen molar-refractivity contribution in [3.63, 3.8) is 0 Å². The van der Waals surface area contributed by atoms with Crippen molar-refractivity contribution >= 4 is 5.97 Å². The van der Waals surface area contributed by atoms with Gasteiger partial charge in [0.25, 0.3) is 0 Å². The van der Waals surface area contributed by atoms with Crippen LogP contribution in [-0.4, -0.2) is 18.7 Å². The van der Waals surface area contributed by atoms with Gasteiger partial charge in [0, 0.05) is 0 Å². The van der Waals surface area contributed by atoms with Gasteiger partial charge in [0.2, 0.25) is 0 Å². The fourth-order valence-electron chi connectivity index (χ4n) is 0.352. The molecule has 0 radical (unpaired) electrons. The summed E-state index contributed by atoms with van der Waals surface area (Å²) in [5.74, 6) is -0.655. The number of carbonyl (C=O) groups excluding carboxylic acids is 1. The number of hydrogen-bond donors (Lipinski definition) is 0. The topological polar surface area (TPSA) is 26.3 Å². The zero-order valence-corrected chi connectivity index (χ0v) is 6.19. The molecule has 0 unspecified atom stereocenters. The van der Waals surface area contributed by atoms with Crippen LogP contribution in [0.4, 0.5) is 4.39 Å². The van der Waals surface area contributed by atoms with Gasteiger partial charge in [-0.1, -0.05) is 6.58 Å². The van der Waals surface area contributed by atoms with Gasteiger partial charge in [-0.2, -0.15) is 0 Å². The molecule has 58 valence electrons. The van der Waals surface area contributed by atoms with E-state index in [1.807, 2.05) is 0 Å². The van der Waals surface area contributed by atoms with Crippen LogP contribution in [0.2, 0.25) is 0 Å². The minimum absolute atomic E-state index is 0.131. The highest BCUT2D eigenvalue weighted by Crippen LogP contribution is 1.98. The molecule has 0 aromatic carbocycles. The van der Waals surface area contributed by atoms with Gasteiger partial charge < -0.3 is 4.74 Å². The van der Waals surface area contributed by atoms with Gasteiger partial charge >= 0.3 is 5.97 Å². The second-order valence-corrected chi connectivity index (χ2v) is 2.19. The lowest BCUT2D eigenvalue weighted by Gasteiger charge is -2.06. The van der Waals surface area contributed by atoms with E-state index in [-0.39, 0.29) is 11.7 Å². The predicted octanol–water partition coefficient (Wildman–Crippen LogP) is 1.46. The summed E-state index contributed by atoms with van der Waals surface area (Å²) in [4.78, 5) is 10.6. The fraction of sp³-hybridized carbons (Fsp3) is 0.571. The van der Waals surface area contributed by atoms with Gasteiger partial charge in [-0.05, 0) is 13.8 Å². The highest BCUT2D eigenvalue weighted by molar-refractivity contribution is 5.88. The van der Waals surface area contributed by atoms with Crippen LogP contribution in [-0.2, 0) is 9.53 Å². The van der Waals surface area contributed by atoms with E-state index in [2.05, 4.69) is 11.3 Å². The second kappa shape index (κ2) is 4.04. The third-order valence-corrected chi connectivity index (χ3v) is 0.793. The lowest BCUT2D eigenvalue weighted by molar-refractivity contribution is -0.142. The Morgan fingerprint density at radius 2 is 2.20 bits per heavy atom. The molecule has 0 rings (SSSR count). The molecule has 0 aromatic rings. The van der Waals surface area contributed by atoms with Gasteiger partial charge in [-0.15, -0.1) is 0 Å². The molecule has 0 bridgehead atoms. The third kappa shape index (κ3) is 3.22. The first-order valence-electron chi connectivity index (χ1n) is 3.02. The predicted molar refractivity (Wildman–Crippen MR) is 36.3 cm³/mol. The van der Waals surface area contributed by atoms with Crippen LogP contribution < -0.4 is 0 Å². The highest BCUT2D eigenvalue weighted by atomic mass is 19.1. The standard InChI is InChI=1S/C7H11FO2/c1-5(2)10-7(9)6(3)4-8/h5H,3-4H2,1-2H3. The van der Waals surface area contributed by atoms with Gasteiger partial charge in [0.15, 0.2) is 0 Å². The smallest absolute Gasteiger partial charge is 0.336 e. The number of halogens is 1.